The second-order valence-electron chi connectivity index (χ2n) is 4.61. The Balaban J connectivity index is 1.88. The fourth-order valence-corrected chi connectivity index (χ4v) is 2.55. The molecule has 0 amide bonds. The minimum Gasteiger partial charge on any atom is -0.355 e. The summed E-state index contributed by atoms with van der Waals surface area (Å²) in [5, 5.41) is 9.33. The lowest BCUT2D eigenvalue weighted by Gasteiger charge is -2.08. The number of nitrogens with zero attached hydrogens (tertiary/aromatic N) is 1. The number of hydrogen-bond acceptors (Lipinski definition) is 4. The van der Waals surface area contributed by atoms with Gasteiger partial charge in [-0.15, -0.1) is 0 Å². The summed E-state index contributed by atoms with van der Waals surface area (Å²) in [4.78, 5) is 4.39. The summed E-state index contributed by atoms with van der Waals surface area (Å²) in [6.07, 6.45) is 1.74. The second kappa shape index (κ2) is 5.16. The molecule has 0 fully saturated rings. The number of anilines is 2. The van der Waals surface area contributed by atoms with Gasteiger partial charge in [-0.2, -0.15) is 0 Å². The van der Waals surface area contributed by atoms with E-state index in [-0.39, 0.29) is 4.90 Å². The molecule has 0 radical (unpaired) electrons. The highest BCUT2D eigenvalue weighted by Gasteiger charge is 2.06. The van der Waals surface area contributed by atoms with E-state index in [1.54, 1.807) is 18.3 Å². The molecule has 3 N–H and O–H groups in total. The number of primary sulfonamides is 1. The first-order chi connectivity index (χ1) is 10.0. The zero-order valence-electron chi connectivity index (χ0n) is 11.0. The van der Waals surface area contributed by atoms with Crippen molar-refractivity contribution in [1.29, 1.82) is 0 Å². The topological polar surface area (TPSA) is 85.1 Å². The number of benzene rings is 2. The van der Waals surface area contributed by atoms with Crippen molar-refractivity contribution in [3.05, 3.63) is 60.8 Å². The first-order valence-corrected chi connectivity index (χ1v) is 7.82. The molecular weight excluding hydrogens is 286 g/mol. The van der Waals surface area contributed by atoms with Crippen LogP contribution in [0.1, 0.15) is 0 Å². The highest BCUT2D eigenvalue weighted by Crippen LogP contribution is 2.21. The van der Waals surface area contributed by atoms with Crippen LogP contribution in [-0.4, -0.2) is 13.4 Å². The Hall–Kier alpha value is -2.44. The molecule has 2 aromatic carbocycles. The van der Waals surface area contributed by atoms with Crippen LogP contribution in [0.2, 0.25) is 0 Å². The molecule has 0 aliphatic rings. The van der Waals surface area contributed by atoms with Gasteiger partial charge in [-0.1, -0.05) is 12.1 Å². The zero-order chi connectivity index (χ0) is 14.9. The van der Waals surface area contributed by atoms with Gasteiger partial charge < -0.3 is 5.32 Å². The molecule has 0 aliphatic carbocycles. The summed E-state index contributed by atoms with van der Waals surface area (Å²) < 4.78 is 22.4. The van der Waals surface area contributed by atoms with Crippen molar-refractivity contribution in [2.24, 2.45) is 5.14 Å². The predicted molar refractivity (Wildman–Crippen MR) is 82.8 cm³/mol. The summed E-state index contributed by atoms with van der Waals surface area (Å²) in [5.41, 5.74) is 2.55. The average Bonchev–Trinajstić information content (AvgIpc) is 2.47. The summed E-state index contributed by atoms with van der Waals surface area (Å²) in [6.45, 7) is 0. The minimum absolute atomic E-state index is 0.0910. The van der Waals surface area contributed by atoms with Crippen molar-refractivity contribution in [2.45, 2.75) is 4.90 Å². The van der Waals surface area contributed by atoms with Crippen LogP contribution >= 0.6 is 0 Å². The molecule has 0 unspecified atom stereocenters. The number of hydrogen-bond donors (Lipinski definition) is 2. The predicted octanol–water partition coefficient (Wildman–Crippen LogP) is 2.63. The Morgan fingerprint density at radius 2 is 1.67 bits per heavy atom. The number of aromatic nitrogens is 1. The maximum Gasteiger partial charge on any atom is 0.238 e. The van der Waals surface area contributed by atoms with E-state index in [1.165, 1.54) is 12.1 Å². The Kier molecular flexibility index (Phi) is 3.32. The highest BCUT2D eigenvalue weighted by atomic mass is 32.2. The molecule has 0 saturated heterocycles. The average molecular weight is 299 g/mol. The van der Waals surface area contributed by atoms with Crippen LogP contribution < -0.4 is 10.5 Å². The SMILES string of the molecule is NS(=O)(=O)c1ccc(Nc2ccc3cccnc3c2)cc1. The quantitative estimate of drug-likeness (QED) is 0.778. The van der Waals surface area contributed by atoms with Crippen molar-refractivity contribution < 1.29 is 8.42 Å². The van der Waals surface area contributed by atoms with Gasteiger partial charge in [-0.3, -0.25) is 4.98 Å². The molecule has 5 nitrogen and oxygen atoms in total. The number of fused-ring (bicyclic) bond motifs is 1. The normalized spacial score (nSPS) is 11.5. The fourth-order valence-electron chi connectivity index (χ4n) is 2.04. The van der Waals surface area contributed by atoms with Gasteiger partial charge in [0.1, 0.15) is 0 Å². The lowest BCUT2D eigenvalue weighted by molar-refractivity contribution is 0.598. The molecular formula is C15H13N3O2S. The minimum atomic E-state index is -3.66. The van der Waals surface area contributed by atoms with Crippen LogP contribution in [-0.2, 0) is 10.0 Å². The van der Waals surface area contributed by atoms with Gasteiger partial charge in [0.05, 0.1) is 10.4 Å². The van der Waals surface area contributed by atoms with Crippen molar-refractivity contribution in [1.82, 2.24) is 4.98 Å². The molecule has 0 bridgehead atoms. The Labute approximate surface area is 122 Å². The van der Waals surface area contributed by atoms with E-state index in [4.69, 9.17) is 5.14 Å². The van der Waals surface area contributed by atoms with E-state index in [9.17, 15) is 8.42 Å². The maximum absolute atomic E-state index is 11.2. The molecule has 1 heterocycles. The van der Waals surface area contributed by atoms with Gasteiger partial charge in [0.2, 0.25) is 10.0 Å². The number of rotatable bonds is 3. The van der Waals surface area contributed by atoms with Crippen LogP contribution in [0.3, 0.4) is 0 Å². The number of pyridine rings is 1. The largest absolute Gasteiger partial charge is 0.355 e. The van der Waals surface area contributed by atoms with Gasteiger partial charge >= 0.3 is 0 Å². The molecule has 0 spiro atoms. The van der Waals surface area contributed by atoms with Gasteiger partial charge in [0.15, 0.2) is 0 Å². The van der Waals surface area contributed by atoms with Crippen molar-refractivity contribution >= 4 is 32.3 Å². The van der Waals surface area contributed by atoms with E-state index < -0.39 is 10.0 Å². The van der Waals surface area contributed by atoms with E-state index in [0.717, 1.165) is 22.3 Å². The number of nitrogens with one attached hydrogen (secondary N) is 1. The van der Waals surface area contributed by atoms with Crippen LogP contribution in [0.4, 0.5) is 11.4 Å². The molecule has 0 saturated carbocycles. The molecule has 0 atom stereocenters. The molecule has 6 heteroatoms. The van der Waals surface area contributed by atoms with Crippen molar-refractivity contribution in [2.75, 3.05) is 5.32 Å². The summed E-state index contributed by atoms with van der Waals surface area (Å²) >= 11 is 0. The monoisotopic (exact) mass is 299 g/mol. The van der Waals surface area contributed by atoms with E-state index in [0.29, 0.717) is 0 Å². The first kappa shape index (κ1) is 13.5. The van der Waals surface area contributed by atoms with E-state index in [2.05, 4.69) is 10.3 Å². The third-order valence-electron chi connectivity index (χ3n) is 3.08. The third kappa shape index (κ3) is 3.01. The molecule has 21 heavy (non-hydrogen) atoms. The summed E-state index contributed by atoms with van der Waals surface area (Å²) in [7, 11) is -3.66. The Morgan fingerprint density at radius 1 is 0.952 bits per heavy atom. The molecule has 106 valence electrons. The van der Waals surface area contributed by atoms with Gasteiger partial charge in [-0.25, -0.2) is 13.6 Å². The third-order valence-corrected chi connectivity index (χ3v) is 4.01. The van der Waals surface area contributed by atoms with E-state index >= 15 is 0 Å². The molecule has 3 rings (SSSR count). The van der Waals surface area contributed by atoms with Crippen LogP contribution in [0.5, 0.6) is 0 Å². The molecule has 3 aromatic rings. The van der Waals surface area contributed by atoms with Crippen molar-refractivity contribution in [3.63, 3.8) is 0 Å². The summed E-state index contributed by atoms with van der Waals surface area (Å²) in [6, 6.07) is 16.0. The summed E-state index contributed by atoms with van der Waals surface area (Å²) in [5.74, 6) is 0. The van der Waals surface area contributed by atoms with Crippen LogP contribution in [0.25, 0.3) is 10.9 Å². The fraction of sp³-hybridized carbons (Fsp3) is 0. The van der Waals surface area contributed by atoms with Crippen LogP contribution in [0, 0.1) is 0 Å². The number of nitrogens with two attached hydrogens (primary N) is 1. The van der Waals surface area contributed by atoms with Crippen molar-refractivity contribution in [3.8, 4) is 0 Å². The maximum atomic E-state index is 11.2. The van der Waals surface area contributed by atoms with Gasteiger partial charge in [-0.05, 0) is 42.5 Å². The highest BCUT2D eigenvalue weighted by molar-refractivity contribution is 7.89. The van der Waals surface area contributed by atoms with Crippen LogP contribution in [0.15, 0.2) is 65.7 Å². The Bertz CT molecular complexity index is 890. The smallest absolute Gasteiger partial charge is 0.238 e. The lowest BCUT2D eigenvalue weighted by atomic mass is 10.2. The second-order valence-corrected chi connectivity index (χ2v) is 6.17. The zero-order valence-corrected chi connectivity index (χ0v) is 11.8. The molecule has 1 aromatic heterocycles. The number of sulfonamides is 1. The van der Waals surface area contributed by atoms with E-state index in [1.807, 2.05) is 30.3 Å². The lowest BCUT2D eigenvalue weighted by Crippen LogP contribution is -2.11. The first-order valence-electron chi connectivity index (χ1n) is 6.27. The standard InChI is InChI=1S/C15H13N3O2S/c16-21(19,20)14-7-5-12(6-8-14)18-13-4-3-11-2-1-9-17-15(11)10-13/h1-10,18H,(H2,16,19,20). The van der Waals surface area contributed by atoms with Gasteiger partial charge in [0, 0.05) is 23.0 Å². The molecule has 0 aliphatic heterocycles. The Morgan fingerprint density at radius 3 is 2.38 bits per heavy atom. The van der Waals surface area contributed by atoms with Gasteiger partial charge in [0.25, 0.3) is 0 Å².